The van der Waals surface area contributed by atoms with Crippen LogP contribution in [0.25, 0.3) is 6.08 Å². The fourth-order valence-electron chi connectivity index (χ4n) is 2.05. The van der Waals surface area contributed by atoms with Gasteiger partial charge in [-0.1, -0.05) is 24.3 Å². The summed E-state index contributed by atoms with van der Waals surface area (Å²) in [5, 5.41) is 10.9. The van der Waals surface area contributed by atoms with E-state index in [2.05, 4.69) is 0 Å². The van der Waals surface area contributed by atoms with Crippen molar-refractivity contribution in [3.63, 3.8) is 0 Å². The van der Waals surface area contributed by atoms with Crippen LogP contribution >= 0.6 is 0 Å². The first-order valence-electron chi connectivity index (χ1n) is 5.93. The SMILES string of the molecule is O=C1/C(=C/c2ccccc2[N+](=O)[O-])Oc2ccccc21. The number of carbonyl (C=O) groups excluding carboxylic acids is 1. The summed E-state index contributed by atoms with van der Waals surface area (Å²) < 4.78 is 5.45. The summed E-state index contributed by atoms with van der Waals surface area (Å²) in [6, 6.07) is 13.1. The molecule has 0 amide bonds. The second-order valence-electron chi connectivity index (χ2n) is 4.25. The molecule has 20 heavy (non-hydrogen) atoms. The molecule has 1 aliphatic rings. The van der Waals surface area contributed by atoms with E-state index in [1.807, 2.05) is 0 Å². The highest BCUT2D eigenvalue weighted by atomic mass is 16.6. The lowest BCUT2D eigenvalue weighted by atomic mass is 10.1. The van der Waals surface area contributed by atoms with Crippen LogP contribution in [-0.2, 0) is 0 Å². The number of hydrogen-bond acceptors (Lipinski definition) is 4. The van der Waals surface area contributed by atoms with Crippen molar-refractivity contribution in [1.29, 1.82) is 0 Å². The molecular weight excluding hydrogens is 258 g/mol. The molecule has 0 saturated carbocycles. The molecule has 0 unspecified atom stereocenters. The van der Waals surface area contributed by atoms with Crippen LogP contribution in [0.15, 0.2) is 54.3 Å². The number of allylic oxidation sites excluding steroid dienone is 1. The minimum atomic E-state index is -0.487. The summed E-state index contributed by atoms with van der Waals surface area (Å²) in [5.74, 6) is 0.307. The molecule has 5 nitrogen and oxygen atoms in total. The molecule has 0 saturated heterocycles. The number of nitrogens with zero attached hydrogens (tertiary/aromatic N) is 1. The number of para-hydroxylation sites is 2. The van der Waals surface area contributed by atoms with Crippen LogP contribution < -0.4 is 4.74 Å². The highest BCUT2D eigenvalue weighted by Crippen LogP contribution is 2.32. The molecule has 98 valence electrons. The summed E-state index contributed by atoms with van der Waals surface area (Å²) >= 11 is 0. The molecule has 2 aromatic carbocycles. The Bertz CT molecular complexity index is 749. The number of carbonyl (C=O) groups is 1. The van der Waals surface area contributed by atoms with Gasteiger partial charge in [-0.15, -0.1) is 0 Å². The number of ketones is 1. The number of fused-ring (bicyclic) bond motifs is 1. The van der Waals surface area contributed by atoms with Gasteiger partial charge in [-0.05, 0) is 24.3 Å². The average Bonchev–Trinajstić information content (AvgIpc) is 2.76. The summed E-state index contributed by atoms with van der Waals surface area (Å²) in [6.07, 6.45) is 1.40. The standard InChI is InChI=1S/C15H9NO4/c17-15-11-6-2-4-8-13(11)20-14(15)9-10-5-1-3-7-12(10)16(18)19/h1-9H/b14-9-. The van der Waals surface area contributed by atoms with Crippen molar-refractivity contribution in [1.82, 2.24) is 0 Å². The molecule has 3 rings (SSSR count). The van der Waals surface area contributed by atoms with E-state index in [0.717, 1.165) is 0 Å². The lowest BCUT2D eigenvalue weighted by Gasteiger charge is -1.99. The molecule has 0 radical (unpaired) electrons. The minimum Gasteiger partial charge on any atom is -0.452 e. The van der Waals surface area contributed by atoms with E-state index in [0.29, 0.717) is 16.9 Å². The monoisotopic (exact) mass is 267 g/mol. The quantitative estimate of drug-likeness (QED) is 0.476. The van der Waals surface area contributed by atoms with Crippen molar-refractivity contribution in [2.24, 2.45) is 0 Å². The molecule has 1 aliphatic heterocycles. The van der Waals surface area contributed by atoms with Crippen LogP contribution in [0.3, 0.4) is 0 Å². The molecule has 0 spiro atoms. The first-order chi connectivity index (χ1) is 9.66. The highest BCUT2D eigenvalue weighted by molar-refractivity contribution is 6.14. The van der Waals surface area contributed by atoms with Gasteiger partial charge in [-0.25, -0.2) is 0 Å². The zero-order valence-electron chi connectivity index (χ0n) is 10.3. The molecule has 2 aromatic rings. The van der Waals surface area contributed by atoms with Crippen molar-refractivity contribution in [3.05, 3.63) is 75.5 Å². The first-order valence-corrected chi connectivity index (χ1v) is 5.93. The van der Waals surface area contributed by atoms with Crippen molar-refractivity contribution < 1.29 is 14.5 Å². The summed E-state index contributed by atoms with van der Waals surface area (Å²) in [6.45, 7) is 0. The third-order valence-electron chi connectivity index (χ3n) is 3.00. The van der Waals surface area contributed by atoms with Gasteiger partial charge in [0.2, 0.25) is 5.78 Å². The van der Waals surface area contributed by atoms with Gasteiger partial charge < -0.3 is 4.74 Å². The lowest BCUT2D eigenvalue weighted by molar-refractivity contribution is -0.385. The van der Waals surface area contributed by atoms with Crippen LogP contribution in [0.1, 0.15) is 15.9 Å². The molecule has 1 heterocycles. The predicted octanol–water partition coefficient (Wildman–Crippen LogP) is 3.21. The number of hydrogen-bond donors (Lipinski definition) is 0. The Labute approximate surface area is 114 Å². The zero-order valence-corrected chi connectivity index (χ0v) is 10.3. The zero-order chi connectivity index (χ0) is 14.1. The Kier molecular flexibility index (Phi) is 2.80. The molecule has 5 heteroatoms. The van der Waals surface area contributed by atoms with E-state index in [1.54, 1.807) is 42.5 Å². The van der Waals surface area contributed by atoms with Crippen LogP contribution in [0.4, 0.5) is 5.69 Å². The van der Waals surface area contributed by atoms with Gasteiger partial charge in [0.15, 0.2) is 5.76 Å². The molecular formula is C15H9NO4. The Morgan fingerprint density at radius 2 is 1.75 bits per heavy atom. The second kappa shape index (κ2) is 4.62. The third-order valence-corrected chi connectivity index (χ3v) is 3.00. The van der Waals surface area contributed by atoms with Gasteiger partial charge in [0.25, 0.3) is 5.69 Å². The average molecular weight is 267 g/mol. The van der Waals surface area contributed by atoms with Gasteiger partial charge >= 0.3 is 0 Å². The number of rotatable bonds is 2. The first kappa shape index (κ1) is 12.1. The summed E-state index contributed by atoms with van der Waals surface area (Å²) in [5.41, 5.74) is 0.748. The third kappa shape index (κ3) is 1.95. The fourth-order valence-corrected chi connectivity index (χ4v) is 2.05. The van der Waals surface area contributed by atoms with Gasteiger partial charge in [0.05, 0.1) is 16.1 Å². The van der Waals surface area contributed by atoms with E-state index < -0.39 is 4.92 Å². The maximum Gasteiger partial charge on any atom is 0.276 e. The molecule has 0 fully saturated rings. The van der Waals surface area contributed by atoms with Crippen molar-refractivity contribution in [3.8, 4) is 5.75 Å². The smallest absolute Gasteiger partial charge is 0.276 e. The van der Waals surface area contributed by atoms with Crippen molar-refractivity contribution in [2.45, 2.75) is 0 Å². The Morgan fingerprint density at radius 3 is 2.50 bits per heavy atom. The van der Waals surface area contributed by atoms with Gasteiger partial charge in [0.1, 0.15) is 5.75 Å². The van der Waals surface area contributed by atoms with Crippen molar-refractivity contribution >= 4 is 17.5 Å². The number of nitro groups is 1. The number of Topliss-reactive ketones (excluding diaryl/α,β-unsaturated/α-hetero) is 1. The maximum absolute atomic E-state index is 12.1. The number of ether oxygens (including phenoxy) is 1. The molecule has 0 atom stereocenters. The van der Waals surface area contributed by atoms with Gasteiger partial charge in [-0.2, -0.15) is 0 Å². The Hall–Kier alpha value is -2.95. The normalized spacial score (nSPS) is 15.0. The van der Waals surface area contributed by atoms with Gasteiger partial charge in [-0.3, -0.25) is 14.9 Å². The predicted molar refractivity (Wildman–Crippen MR) is 72.5 cm³/mol. The van der Waals surface area contributed by atoms with E-state index in [9.17, 15) is 14.9 Å². The molecule has 0 N–H and O–H groups in total. The molecule has 0 bridgehead atoms. The second-order valence-corrected chi connectivity index (χ2v) is 4.25. The largest absolute Gasteiger partial charge is 0.452 e. The number of nitro benzene ring substituents is 1. The minimum absolute atomic E-state index is 0.0626. The Balaban J connectivity index is 2.04. The van der Waals surface area contributed by atoms with Crippen LogP contribution in [0.2, 0.25) is 0 Å². The van der Waals surface area contributed by atoms with Gasteiger partial charge in [0, 0.05) is 6.07 Å². The van der Waals surface area contributed by atoms with E-state index in [-0.39, 0.29) is 17.2 Å². The fraction of sp³-hybridized carbons (Fsp3) is 0. The van der Waals surface area contributed by atoms with Crippen molar-refractivity contribution in [2.75, 3.05) is 0 Å². The van der Waals surface area contributed by atoms with Crippen LogP contribution in [0, 0.1) is 10.1 Å². The van der Waals surface area contributed by atoms with Crippen LogP contribution in [-0.4, -0.2) is 10.7 Å². The topological polar surface area (TPSA) is 69.4 Å². The van der Waals surface area contributed by atoms with Crippen LogP contribution in [0.5, 0.6) is 5.75 Å². The van der Waals surface area contributed by atoms with E-state index >= 15 is 0 Å². The number of benzene rings is 2. The Morgan fingerprint density at radius 1 is 1.05 bits per heavy atom. The maximum atomic E-state index is 12.1. The highest BCUT2D eigenvalue weighted by Gasteiger charge is 2.27. The molecule has 0 aliphatic carbocycles. The summed E-state index contributed by atoms with van der Waals surface area (Å²) in [7, 11) is 0. The van der Waals surface area contributed by atoms with E-state index in [1.165, 1.54) is 12.1 Å². The lowest BCUT2D eigenvalue weighted by Crippen LogP contribution is -1.99. The van der Waals surface area contributed by atoms with E-state index in [4.69, 9.17) is 4.74 Å². The molecule has 0 aromatic heterocycles. The summed E-state index contributed by atoms with van der Waals surface area (Å²) in [4.78, 5) is 22.6.